The van der Waals surface area contributed by atoms with Crippen LogP contribution in [0.2, 0.25) is 5.04 Å². The number of oxime groups is 1. The summed E-state index contributed by atoms with van der Waals surface area (Å²) in [5, 5.41) is 6.59. The van der Waals surface area contributed by atoms with Crippen LogP contribution in [0.4, 0.5) is 0 Å². The molecule has 5 aromatic carbocycles. The van der Waals surface area contributed by atoms with E-state index in [-0.39, 0.29) is 31.5 Å². The molecule has 0 unspecified atom stereocenters. The van der Waals surface area contributed by atoms with E-state index in [0.29, 0.717) is 0 Å². The van der Waals surface area contributed by atoms with E-state index in [1.807, 2.05) is 127 Å². The molecule has 0 spiro atoms. The third-order valence-corrected chi connectivity index (χ3v) is 14.2. The van der Waals surface area contributed by atoms with Gasteiger partial charge in [0.05, 0.1) is 38.9 Å². The van der Waals surface area contributed by atoms with Gasteiger partial charge in [-0.25, -0.2) is 0 Å². The highest BCUT2D eigenvalue weighted by Crippen LogP contribution is 2.37. The number of ether oxygens (including phenoxy) is 3. The molecule has 0 bridgehead atoms. The molecule has 53 heavy (non-hydrogen) atoms. The quantitative estimate of drug-likeness (QED) is 0.0379. The minimum atomic E-state index is -3.83. The topological polar surface area (TPSA) is 92.6 Å². The molecule has 0 saturated heterocycles. The fraction of sp³-hybridized carbons (Fsp3) is 0.279. The van der Waals surface area contributed by atoms with Gasteiger partial charge in [0.2, 0.25) is 0 Å². The van der Waals surface area contributed by atoms with Gasteiger partial charge in [-0.05, 0) is 27.1 Å². The molecule has 278 valence electrons. The summed E-state index contributed by atoms with van der Waals surface area (Å²) >= 11 is 0. The van der Waals surface area contributed by atoms with Gasteiger partial charge in [-0.2, -0.15) is 8.42 Å². The first kappa shape index (κ1) is 39.8. The maximum Gasteiger partial charge on any atom is 0.354 e. The summed E-state index contributed by atoms with van der Waals surface area (Å²) in [6.07, 6.45) is 0.00620. The lowest BCUT2D eigenvalue weighted by molar-refractivity contribution is -0.141. The summed E-state index contributed by atoms with van der Waals surface area (Å²) in [5.41, 5.74) is 2.77. The van der Waals surface area contributed by atoms with E-state index in [4.69, 9.17) is 28.1 Å². The monoisotopic (exact) mass is 751 g/mol. The number of benzene rings is 5. The van der Waals surface area contributed by atoms with E-state index >= 15 is 0 Å². The van der Waals surface area contributed by atoms with E-state index in [9.17, 15) is 8.42 Å². The van der Waals surface area contributed by atoms with Crippen LogP contribution in [-0.2, 0) is 52.9 Å². The Kier molecular flexibility index (Phi) is 14.3. The van der Waals surface area contributed by atoms with Gasteiger partial charge in [0, 0.05) is 5.04 Å². The highest BCUT2D eigenvalue weighted by Gasteiger charge is 2.53. The largest absolute Gasteiger partial charge is 0.443 e. The Balaban J connectivity index is 1.57. The van der Waals surface area contributed by atoms with Crippen LogP contribution in [0, 0.1) is 0 Å². The molecule has 8 nitrogen and oxygen atoms in total. The first-order valence-electron chi connectivity index (χ1n) is 17.7. The van der Waals surface area contributed by atoms with Crippen molar-refractivity contribution in [2.24, 2.45) is 5.16 Å². The normalized spacial score (nSPS) is 14.1. The second kappa shape index (κ2) is 19.1. The van der Waals surface area contributed by atoms with Crippen LogP contribution in [0.5, 0.6) is 0 Å². The number of nitrogens with zero attached hydrogens (tertiary/aromatic N) is 1. The van der Waals surface area contributed by atoms with Crippen LogP contribution in [-0.4, -0.2) is 54.1 Å². The summed E-state index contributed by atoms with van der Waals surface area (Å²) in [4.78, 5) is 0. The van der Waals surface area contributed by atoms with E-state index in [2.05, 4.69) is 45.0 Å². The predicted molar refractivity (Wildman–Crippen MR) is 213 cm³/mol. The van der Waals surface area contributed by atoms with Gasteiger partial charge < -0.3 is 18.7 Å². The second-order valence-corrected chi connectivity index (χ2v) is 19.7. The van der Waals surface area contributed by atoms with E-state index in [1.54, 1.807) is 6.21 Å². The molecule has 10 heteroatoms. The minimum absolute atomic E-state index is 0.185. The Morgan fingerprint density at radius 2 is 1.00 bits per heavy atom. The molecule has 0 amide bonds. The first-order valence-corrected chi connectivity index (χ1v) is 21.4. The summed E-state index contributed by atoms with van der Waals surface area (Å²) < 4.78 is 56.7. The van der Waals surface area contributed by atoms with E-state index < -0.39 is 36.7 Å². The highest BCUT2D eigenvalue weighted by atomic mass is 32.2. The zero-order valence-electron chi connectivity index (χ0n) is 30.8. The zero-order chi connectivity index (χ0) is 37.6. The molecule has 5 aromatic rings. The number of hydrogen-bond donors (Lipinski definition) is 0. The molecule has 0 N–H and O–H groups in total. The van der Waals surface area contributed by atoms with Crippen molar-refractivity contribution < 1.29 is 31.3 Å². The molecule has 0 aliphatic carbocycles. The lowest BCUT2D eigenvalue weighted by Crippen LogP contribution is -2.65. The standard InChI is InChI=1S/C43H49NO7SSi/c1-43(2,3)53(38-26-16-8-17-27-38,39-28-18-9-19-29-39)51-44-30-40(47-31-35-20-10-5-11-21-35)42(49-33-37-24-14-7-15-25-37)41(34-50-52(4,45)46)48-32-36-22-12-6-13-23-36/h5-30,40-42H,31-34H2,1-4H3/b44-30-/t40-,41-,42-/m1/s1. The van der Waals surface area contributed by atoms with Gasteiger partial charge in [0.25, 0.3) is 10.1 Å². The van der Waals surface area contributed by atoms with Crippen molar-refractivity contribution in [2.75, 3.05) is 12.9 Å². The summed E-state index contributed by atoms with van der Waals surface area (Å²) in [6, 6.07) is 49.7. The Bertz CT molecular complexity index is 1890. The molecule has 0 radical (unpaired) electrons. The van der Waals surface area contributed by atoms with E-state index in [1.165, 1.54) is 0 Å². The molecule has 5 rings (SSSR count). The summed E-state index contributed by atoms with van der Waals surface area (Å²) in [6.45, 7) is 6.84. The first-order chi connectivity index (χ1) is 25.5. The van der Waals surface area contributed by atoms with Gasteiger partial charge in [-0.15, -0.1) is 5.16 Å². The molecule has 0 aromatic heterocycles. The smallest absolute Gasteiger partial charge is 0.354 e. The summed E-state index contributed by atoms with van der Waals surface area (Å²) in [5.74, 6) is 0. The zero-order valence-corrected chi connectivity index (χ0v) is 32.6. The lowest BCUT2D eigenvalue weighted by Gasteiger charge is -2.40. The van der Waals surface area contributed by atoms with Crippen molar-refractivity contribution in [3.8, 4) is 0 Å². The summed E-state index contributed by atoms with van der Waals surface area (Å²) in [7, 11) is -6.89. The maximum absolute atomic E-state index is 12.3. The predicted octanol–water partition coefficient (Wildman–Crippen LogP) is 7.28. The van der Waals surface area contributed by atoms with Crippen molar-refractivity contribution in [2.45, 2.75) is 63.9 Å². The Hall–Kier alpha value is -4.42. The highest BCUT2D eigenvalue weighted by molar-refractivity contribution is 7.85. The second-order valence-electron chi connectivity index (χ2n) is 13.9. The maximum atomic E-state index is 12.3. The molecule has 0 aliphatic rings. The molecule has 0 heterocycles. The van der Waals surface area contributed by atoms with Crippen molar-refractivity contribution >= 4 is 35.0 Å². The Morgan fingerprint density at radius 3 is 1.42 bits per heavy atom. The minimum Gasteiger partial charge on any atom is -0.443 e. The Labute approximate surface area is 315 Å². The molecule has 0 fully saturated rings. The van der Waals surface area contributed by atoms with Crippen molar-refractivity contribution in [1.29, 1.82) is 0 Å². The van der Waals surface area contributed by atoms with Crippen molar-refractivity contribution in [1.82, 2.24) is 0 Å². The average molecular weight is 752 g/mol. The lowest BCUT2D eigenvalue weighted by atomic mass is 10.1. The van der Waals surface area contributed by atoms with Crippen LogP contribution >= 0.6 is 0 Å². The van der Waals surface area contributed by atoms with E-state index in [0.717, 1.165) is 33.3 Å². The van der Waals surface area contributed by atoms with Gasteiger partial charge in [-0.3, -0.25) is 4.18 Å². The fourth-order valence-electron chi connectivity index (χ4n) is 6.17. The van der Waals surface area contributed by atoms with Crippen LogP contribution in [0.15, 0.2) is 157 Å². The Morgan fingerprint density at radius 1 is 0.604 bits per heavy atom. The average Bonchev–Trinajstić information content (AvgIpc) is 3.17. The van der Waals surface area contributed by atoms with Crippen molar-refractivity contribution in [3.63, 3.8) is 0 Å². The van der Waals surface area contributed by atoms with Crippen LogP contribution < -0.4 is 10.4 Å². The molecular weight excluding hydrogens is 703 g/mol. The van der Waals surface area contributed by atoms with Crippen LogP contribution in [0.3, 0.4) is 0 Å². The molecule has 3 atom stereocenters. The third kappa shape index (κ3) is 11.5. The van der Waals surface area contributed by atoms with Crippen LogP contribution in [0.25, 0.3) is 0 Å². The SMILES string of the molecule is CC(C)(C)[Si](O/N=C\[C@@H](OCc1ccccc1)[C@@H](OCc1ccccc1)[C@@H](COS(C)(=O)=O)OCc1ccccc1)(c1ccccc1)c1ccccc1. The molecule has 0 aliphatic heterocycles. The molecule has 0 saturated carbocycles. The molecular formula is C43H49NO7SSi. The van der Waals surface area contributed by atoms with Gasteiger partial charge >= 0.3 is 8.32 Å². The van der Waals surface area contributed by atoms with Crippen LogP contribution in [0.1, 0.15) is 37.5 Å². The number of hydrogen-bond acceptors (Lipinski definition) is 8. The van der Waals surface area contributed by atoms with Gasteiger partial charge in [0.1, 0.15) is 18.3 Å². The van der Waals surface area contributed by atoms with Gasteiger partial charge in [-0.1, -0.05) is 172 Å². The van der Waals surface area contributed by atoms with Crippen molar-refractivity contribution in [3.05, 3.63) is 168 Å². The van der Waals surface area contributed by atoms with Gasteiger partial charge in [0.15, 0.2) is 0 Å². The third-order valence-electron chi connectivity index (χ3n) is 8.83. The number of rotatable bonds is 19. The fourth-order valence-corrected chi connectivity index (χ4v) is 10.6.